The summed E-state index contributed by atoms with van der Waals surface area (Å²) < 4.78 is 0. The number of thiazole rings is 1. The fourth-order valence-corrected chi connectivity index (χ4v) is 3.95. The van der Waals surface area contributed by atoms with Crippen molar-refractivity contribution in [1.82, 2.24) is 20.2 Å². The molecule has 0 radical (unpaired) electrons. The maximum atomic E-state index is 12.3. The van der Waals surface area contributed by atoms with E-state index in [9.17, 15) is 9.59 Å². The molecule has 0 aliphatic carbocycles. The maximum absolute atomic E-state index is 12.3. The minimum absolute atomic E-state index is 0.206. The highest BCUT2D eigenvalue weighted by molar-refractivity contribution is 7.14. The number of hydrogen-bond acceptors (Lipinski definition) is 6. The molecule has 4 rings (SSSR count). The number of fused-ring (bicyclic) bond motifs is 1. The molecule has 7 nitrogen and oxygen atoms in total. The normalized spacial score (nSPS) is 13.9. The van der Waals surface area contributed by atoms with Gasteiger partial charge in [0.1, 0.15) is 11.5 Å². The monoisotopic (exact) mass is 395 g/mol. The van der Waals surface area contributed by atoms with E-state index in [1.54, 1.807) is 11.6 Å². The topological polar surface area (TPSA) is 87.2 Å². The van der Waals surface area contributed by atoms with Crippen LogP contribution in [0.15, 0.2) is 41.9 Å². The minimum Gasteiger partial charge on any atom is -0.351 e. The predicted molar refractivity (Wildman–Crippen MR) is 110 cm³/mol. The molecule has 1 aliphatic rings. The lowest BCUT2D eigenvalue weighted by atomic mass is 10.2. The summed E-state index contributed by atoms with van der Waals surface area (Å²) in [6.07, 6.45) is 4.07. The van der Waals surface area contributed by atoms with Gasteiger partial charge < -0.3 is 15.5 Å². The molecule has 1 fully saturated rings. The highest BCUT2D eigenvalue weighted by Gasteiger charge is 2.19. The Balaban J connectivity index is 1.32. The van der Waals surface area contributed by atoms with Crippen LogP contribution in [0, 0.1) is 0 Å². The van der Waals surface area contributed by atoms with E-state index in [-0.39, 0.29) is 11.8 Å². The molecule has 0 bridgehead atoms. The van der Waals surface area contributed by atoms with Gasteiger partial charge >= 0.3 is 0 Å². The zero-order valence-electron chi connectivity index (χ0n) is 15.4. The third kappa shape index (κ3) is 4.12. The number of nitrogens with one attached hydrogen (secondary N) is 2. The highest BCUT2D eigenvalue weighted by atomic mass is 32.1. The van der Waals surface area contributed by atoms with Gasteiger partial charge in [-0.2, -0.15) is 0 Å². The van der Waals surface area contributed by atoms with Crippen LogP contribution in [0.2, 0.25) is 0 Å². The van der Waals surface area contributed by atoms with Crippen LogP contribution in [0.3, 0.4) is 0 Å². The summed E-state index contributed by atoms with van der Waals surface area (Å²) in [7, 11) is 0. The maximum Gasteiger partial charge on any atom is 0.270 e. The fraction of sp³-hybridized carbons (Fsp3) is 0.300. The Labute approximate surface area is 166 Å². The van der Waals surface area contributed by atoms with Gasteiger partial charge in [-0.25, -0.2) is 9.97 Å². The molecule has 0 atom stereocenters. The molecule has 0 saturated carbocycles. The smallest absolute Gasteiger partial charge is 0.270 e. The Morgan fingerprint density at radius 2 is 2.14 bits per heavy atom. The van der Waals surface area contributed by atoms with Gasteiger partial charge in [0.15, 0.2) is 5.13 Å². The third-order valence-electron chi connectivity index (χ3n) is 4.70. The number of rotatable bonds is 7. The van der Waals surface area contributed by atoms with Gasteiger partial charge in [0.05, 0.1) is 0 Å². The van der Waals surface area contributed by atoms with Gasteiger partial charge in [-0.1, -0.05) is 24.3 Å². The summed E-state index contributed by atoms with van der Waals surface area (Å²) in [5.41, 5.74) is 0.380. The van der Waals surface area contributed by atoms with Gasteiger partial charge in [-0.05, 0) is 24.3 Å². The Bertz CT molecular complexity index is 998. The van der Waals surface area contributed by atoms with Gasteiger partial charge in [-0.15, -0.1) is 11.3 Å². The molecule has 28 heavy (non-hydrogen) atoms. The lowest BCUT2D eigenvalue weighted by Gasteiger charge is -2.15. The Hall–Kier alpha value is -3.00. The first-order chi connectivity index (χ1) is 13.7. The van der Waals surface area contributed by atoms with Crippen molar-refractivity contribution in [3.8, 4) is 0 Å². The second-order valence-corrected chi connectivity index (χ2v) is 7.50. The van der Waals surface area contributed by atoms with Gasteiger partial charge in [0.2, 0.25) is 5.91 Å². The van der Waals surface area contributed by atoms with E-state index >= 15 is 0 Å². The van der Waals surface area contributed by atoms with Crippen LogP contribution in [0.5, 0.6) is 0 Å². The van der Waals surface area contributed by atoms with E-state index in [0.29, 0.717) is 30.3 Å². The molecule has 2 N–H and O–H groups in total. The van der Waals surface area contributed by atoms with Crippen LogP contribution in [0.25, 0.3) is 10.8 Å². The average molecular weight is 395 g/mol. The van der Waals surface area contributed by atoms with Crippen LogP contribution < -0.4 is 10.6 Å². The number of carbonyl (C=O) groups is 2. The molecule has 2 amide bonds. The van der Waals surface area contributed by atoms with Crippen molar-refractivity contribution in [2.75, 3.05) is 25.0 Å². The molecule has 1 saturated heterocycles. The molecular weight excluding hydrogens is 374 g/mol. The zero-order chi connectivity index (χ0) is 19.3. The van der Waals surface area contributed by atoms with E-state index in [4.69, 9.17) is 0 Å². The molecule has 8 heteroatoms. The van der Waals surface area contributed by atoms with E-state index in [1.165, 1.54) is 11.3 Å². The Morgan fingerprint density at radius 3 is 3.00 bits per heavy atom. The first kappa shape index (κ1) is 18.4. The first-order valence-corrected chi connectivity index (χ1v) is 10.2. The molecule has 0 spiro atoms. The number of anilines is 2. The summed E-state index contributed by atoms with van der Waals surface area (Å²) in [5, 5.41) is 10.5. The van der Waals surface area contributed by atoms with Crippen molar-refractivity contribution >= 4 is 44.9 Å². The second kappa shape index (κ2) is 8.35. The highest BCUT2D eigenvalue weighted by Crippen LogP contribution is 2.25. The van der Waals surface area contributed by atoms with E-state index in [2.05, 4.69) is 20.6 Å². The molecule has 0 unspecified atom stereocenters. The fourth-order valence-electron chi connectivity index (χ4n) is 3.26. The van der Waals surface area contributed by atoms with Crippen LogP contribution in [-0.4, -0.2) is 46.3 Å². The van der Waals surface area contributed by atoms with E-state index in [1.807, 2.05) is 35.2 Å². The van der Waals surface area contributed by atoms with E-state index < -0.39 is 0 Å². The van der Waals surface area contributed by atoms with Crippen molar-refractivity contribution < 1.29 is 9.59 Å². The lowest BCUT2D eigenvalue weighted by Crippen LogP contribution is -2.30. The molecule has 144 valence electrons. The SMILES string of the molecule is O=C(NCCCN1CCCC1=O)c1csc(Nc2nccc3ccccc23)n1. The number of nitrogens with zero attached hydrogens (tertiary/aromatic N) is 3. The Morgan fingerprint density at radius 1 is 1.25 bits per heavy atom. The standard InChI is InChI=1S/C20H21N5O2S/c26-17-7-3-11-25(17)12-4-9-22-19(27)16-13-28-20(23-16)24-18-15-6-2-1-5-14(15)8-10-21-18/h1-2,5-6,8,10,13H,3-4,7,9,11-12H2,(H,22,27)(H,21,23,24). The summed E-state index contributed by atoms with van der Waals surface area (Å²) in [4.78, 5) is 34.5. The largest absolute Gasteiger partial charge is 0.351 e. The summed E-state index contributed by atoms with van der Waals surface area (Å²) >= 11 is 1.37. The summed E-state index contributed by atoms with van der Waals surface area (Å²) in [5.74, 6) is 0.723. The summed E-state index contributed by atoms with van der Waals surface area (Å²) in [6, 6.07) is 9.93. The first-order valence-electron chi connectivity index (χ1n) is 9.33. The quantitative estimate of drug-likeness (QED) is 0.600. The third-order valence-corrected chi connectivity index (χ3v) is 5.46. The number of pyridine rings is 1. The predicted octanol–water partition coefficient (Wildman–Crippen LogP) is 3.18. The second-order valence-electron chi connectivity index (χ2n) is 6.64. The molecule has 2 aromatic heterocycles. The minimum atomic E-state index is -0.206. The van der Waals surface area contributed by atoms with Crippen molar-refractivity contribution in [3.63, 3.8) is 0 Å². The van der Waals surface area contributed by atoms with Crippen LogP contribution in [0.4, 0.5) is 10.9 Å². The summed E-state index contributed by atoms with van der Waals surface area (Å²) in [6.45, 7) is 2.04. The van der Waals surface area contributed by atoms with E-state index in [0.717, 1.165) is 36.0 Å². The number of aromatic nitrogens is 2. The number of amides is 2. The van der Waals surface area contributed by atoms with Crippen LogP contribution >= 0.6 is 11.3 Å². The van der Waals surface area contributed by atoms with Crippen molar-refractivity contribution in [2.45, 2.75) is 19.3 Å². The van der Waals surface area contributed by atoms with Gasteiger partial charge in [0, 0.05) is 43.0 Å². The molecule has 3 heterocycles. The number of hydrogen-bond donors (Lipinski definition) is 2. The van der Waals surface area contributed by atoms with Gasteiger partial charge in [-0.3, -0.25) is 9.59 Å². The number of likely N-dealkylation sites (tertiary alicyclic amines) is 1. The molecule has 1 aliphatic heterocycles. The van der Waals surface area contributed by atoms with Crippen molar-refractivity contribution in [2.24, 2.45) is 0 Å². The molecular formula is C20H21N5O2S. The lowest BCUT2D eigenvalue weighted by molar-refractivity contribution is -0.127. The Kier molecular flexibility index (Phi) is 5.48. The molecule has 3 aromatic rings. The number of carbonyl (C=O) groups excluding carboxylic acids is 2. The van der Waals surface area contributed by atoms with Gasteiger partial charge in [0.25, 0.3) is 5.91 Å². The van der Waals surface area contributed by atoms with Crippen molar-refractivity contribution in [3.05, 3.63) is 47.6 Å². The average Bonchev–Trinajstić information content (AvgIpc) is 3.34. The zero-order valence-corrected chi connectivity index (χ0v) is 16.2. The van der Waals surface area contributed by atoms with Crippen LogP contribution in [-0.2, 0) is 4.79 Å². The van der Waals surface area contributed by atoms with Crippen LogP contribution in [0.1, 0.15) is 29.8 Å². The number of benzene rings is 1. The van der Waals surface area contributed by atoms with Crippen molar-refractivity contribution in [1.29, 1.82) is 0 Å². The molecule has 1 aromatic carbocycles.